The molecule has 1 aromatic carbocycles. The number of carbonyl (C=O) groups excluding carboxylic acids is 1. The van der Waals surface area contributed by atoms with Crippen LogP contribution in [0.15, 0.2) is 29.6 Å². The number of likely N-dealkylation sites (tertiary alicyclic amines) is 1. The van der Waals surface area contributed by atoms with Gasteiger partial charge in [0.25, 0.3) is 5.91 Å². The number of hydrogen-bond acceptors (Lipinski definition) is 6. The molecule has 1 atom stereocenters. The van der Waals surface area contributed by atoms with Crippen LogP contribution in [-0.2, 0) is 6.54 Å². The Morgan fingerprint density at radius 3 is 3.00 bits per heavy atom. The van der Waals surface area contributed by atoms with Crippen LogP contribution in [0.25, 0.3) is 10.2 Å². The Hall–Kier alpha value is -1.83. The number of benzene rings is 1. The lowest BCUT2D eigenvalue weighted by atomic mass is 10.2. The summed E-state index contributed by atoms with van der Waals surface area (Å²) in [5.41, 5.74) is 7.10. The van der Waals surface area contributed by atoms with Gasteiger partial charge in [0.1, 0.15) is 15.7 Å². The van der Waals surface area contributed by atoms with Gasteiger partial charge in [-0.15, -0.1) is 22.7 Å². The second-order valence-electron chi connectivity index (χ2n) is 5.51. The van der Waals surface area contributed by atoms with E-state index in [2.05, 4.69) is 11.1 Å². The highest BCUT2D eigenvalue weighted by Gasteiger charge is 2.33. The molecule has 4 rings (SSSR count). The molecule has 2 N–H and O–H groups in total. The minimum absolute atomic E-state index is 0.0114. The van der Waals surface area contributed by atoms with Gasteiger partial charge in [-0.05, 0) is 25.0 Å². The van der Waals surface area contributed by atoms with E-state index >= 15 is 0 Å². The zero-order chi connectivity index (χ0) is 15.8. The molecule has 23 heavy (non-hydrogen) atoms. The highest BCUT2D eigenvalue weighted by atomic mass is 32.1. The van der Waals surface area contributed by atoms with Gasteiger partial charge >= 0.3 is 0 Å². The average Bonchev–Trinajstić information content (AvgIpc) is 3.30. The largest absolute Gasteiger partial charge is 0.328 e. The summed E-state index contributed by atoms with van der Waals surface area (Å²) < 4.78 is 1.17. The van der Waals surface area contributed by atoms with E-state index in [0.717, 1.165) is 34.9 Å². The first-order valence-electron chi connectivity index (χ1n) is 7.57. The maximum Gasteiger partial charge on any atom is 0.273 e. The summed E-state index contributed by atoms with van der Waals surface area (Å²) >= 11 is 3.12. The topological polar surface area (TPSA) is 72.1 Å². The van der Waals surface area contributed by atoms with E-state index in [1.165, 1.54) is 16.0 Å². The number of carbonyl (C=O) groups is 1. The van der Waals surface area contributed by atoms with Crippen LogP contribution >= 0.6 is 22.7 Å². The van der Waals surface area contributed by atoms with Crippen molar-refractivity contribution < 1.29 is 4.79 Å². The maximum atomic E-state index is 12.8. The Balaban J connectivity index is 1.64. The Bertz CT molecular complexity index is 824. The van der Waals surface area contributed by atoms with Crippen molar-refractivity contribution in [2.75, 3.05) is 6.54 Å². The zero-order valence-electron chi connectivity index (χ0n) is 12.4. The lowest BCUT2D eigenvalue weighted by Gasteiger charge is -2.22. The number of nitrogens with zero attached hydrogens (tertiary/aromatic N) is 3. The first kappa shape index (κ1) is 14.7. The van der Waals surface area contributed by atoms with Gasteiger partial charge in [0, 0.05) is 18.5 Å². The van der Waals surface area contributed by atoms with Crippen LogP contribution in [-0.4, -0.2) is 27.3 Å². The molecule has 1 unspecified atom stereocenters. The van der Waals surface area contributed by atoms with Crippen molar-refractivity contribution in [3.63, 3.8) is 0 Å². The number of thiazole rings is 2. The minimum atomic E-state index is -0.0114. The molecule has 5 nitrogen and oxygen atoms in total. The Labute approximate surface area is 141 Å². The number of para-hydroxylation sites is 1. The predicted molar refractivity (Wildman–Crippen MR) is 92.6 cm³/mol. The van der Waals surface area contributed by atoms with Crippen molar-refractivity contribution in [2.45, 2.75) is 25.4 Å². The van der Waals surface area contributed by atoms with Crippen LogP contribution in [0, 0.1) is 0 Å². The molecule has 1 aliphatic heterocycles. The van der Waals surface area contributed by atoms with Gasteiger partial charge in [-0.1, -0.05) is 12.1 Å². The van der Waals surface area contributed by atoms with Crippen LogP contribution in [0.5, 0.6) is 0 Å². The van der Waals surface area contributed by atoms with E-state index in [4.69, 9.17) is 10.7 Å². The van der Waals surface area contributed by atoms with Gasteiger partial charge < -0.3 is 10.6 Å². The molecule has 1 aliphatic rings. The predicted octanol–water partition coefficient (Wildman–Crippen LogP) is 3.19. The van der Waals surface area contributed by atoms with Gasteiger partial charge in [-0.25, -0.2) is 9.97 Å². The fourth-order valence-corrected chi connectivity index (χ4v) is 4.71. The molecule has 0 aliphatic carbocycles. The first-order valence-corrected chi connectivity index (χ1v) is 9.27. The monoisotopic (exact) mass is 344 g/mol. The number of nitrogens with two attached hydrogens (primary N) is 1. The summed E-state index contributed by atoms with van der Waals surface area (Å²) in [4.78, 5) is 23.7. The minimum Gasteiger partial charge on any atom is -0.328 e. The summed E-state index contributed by atoms with van der Waals surface area (Å²) in [7, 11) is 0. The molecule has 0 saturated carbocycles. The number of rotatable bonds is 3. The SMILES string of the molecule is NCc1nc(C(=O)N2CCCC2c2nc3ccccc3s2)cs1. The normalized spacial score (nSPS) is 18.0. The summed E-state index contributed by atoms with van der Waals surface area (Å²) in [6.45, 7) is 1.13. The van der Waals surface area contributed by atoms with Crippen molar-refractivity contribution in [1.82, 2.24) is 14.9 Å². The first-order chi connectivity index (χ1) is 11.3. The molecule has 1 saturated heterocycles. The third-order valence-electron chi connectivity index (χ3n) is 4.05. The van der Waals surface area contributed by atoms with Crippen LogP contribution in [0.1, 0.15) is 39.4 Å². The van der Waals surface area contributed by atoms with Crippen molar-refractivity contribution in [3.8, 4) is 0 Å². The lowest BCUT2D eigenvalue weighted by molar-refractivity contribution is 0.0730. The molecule has 3 aromatic rings. The third-order valence-corrected chi connectivity index (χ3v) is 6.06. The number of aromatic nitrogens is 2. The second-order valence-corrected chi connectivity index (χ2v) is 7.51. The third kappa shape index (κ3) is 2.65. The summed E-state index contributed by atoms with van der Waals surface area (Å²) in [6.07, 6.45) is 1.96. The van der Waals surface area contributed by atoms with E-state index in [9.17, 15) is 4.79 Å². The smallest absolute Gasteiger partial charge is 0.273 e. The molecule has 2 aromatic heterocycles. The van der Waals surface area contributed by atoms with Crippen LogP contribution in [0.4, 0.5) is 0 Å². The quantitative estimate of drug-likeness (QED) is 0.792. The van der Waals surface area contributed by atoms with Crippen molar-refractivity contribution in [3.05, 3.63) is 45.4 Å². The zero-order valence-corrected chi connectivity index (χ0v) is 14.1. The Morgan fingerprint density at radius 1 is 1.35 bits per heavy atom. The standard InChI is InChI=1S/C16H16N4OS2/c17-8-14-18-11(9-22-14)16(21)20-7-3-5-12(20)15-19-10-4-1-2-6-13(10)23-15/h1-2,4,6,9,12H,3,5,7-8,17H2. The van der Waals surface area contributed by atoms with E-state index in [1.807, 2.05) is 23.1 Å². The molecule has 7 heteroatoms. The Kier molecular flexibility index (Phi) is 3.84. The summed E-state index contributed by atoms with van der Waals surface area (Å²) in [6, 6.07) is 8.16. The van der Waals surface area contributed by atoms with Crippen LogP contribution in [0.2, 0.25) is 0 Å². The van der Waals surface area contributed by atoms with Crippen LogP contribution in [0.3, 0.4) is 0 Å². The average molecular weight is 344 g/mol. The molecule has 0 spiro atoms. The van der Waals surface area contributed by atoms with Crippen LogP contribution < -0.4 is 5.73 Å². The highest BCUT2D eigenvalue weighted by Crippen LogP contribution is 2.37. The van der Waals surface area contributed by atoms with Crippen molar-refractivity contribution >= 4 is 38.8 Å². The number of fused-ring (bicyclic) bond motifs is 1. The van der Waals surface area contributed by atoms with E-state index in [-0.39, 0.29) is 11.9 Å². The van der Waals surface area contributed by atoms with E-state index < -0.39 is 0 Å². The fraction of sp³-hybridized carbons (Fsp3) is 0.312. The molecule has 118 valence electrons. The molecular weight excluding hydrogens is 328 g/mol. The summed E-state index contributed by atoms with van der Waals surface area (Å²) in [5, 5.41) is 3.62. The number of amides is 1. The molecule has 3 heterocycles. The van der Waals surface area contributed by atoms with E-state index in [0.29, 0.717) is 12.2 Å². The Morgan fingerprint density at radius 2 is 2.22 bits per heavy atom. The van der Waals surface area contributed by atoms with Gasteiger partial charge in [0.2, 0.25) is 0 Å². The van der Waals surface area contributed by atoms with Gasteiger partial charge in [-0.3, -0.25) is 4.79 Å². The molecule has 0 bridgehead atoms. The van der Waals surface area contributed by atoms with Gasteiger partial charge in [0.15, 0.2) is 0 Å². The molecule has 1 fully saturated rings. The van der Waals surface area contributed by atoms with Crippen molar-refractivity contribution in [2.24, 2.45) is 5.73 Å². The van der Waals surface area contributed by atoms with Gasteiger partial charge in [-0.2, -0.15) is 0 Å². The van der Waals surface area contributed by atoms with Crippen molar-refractivity contribution in [1.29, 1.82) is 0 Å². The summed E-state index contributed by atoms with van der Waals surface area (Å²) in [5.74, 6) is -0.0114. The number of hydrogen-bond donors (Lipinski definition) is 1. The van der Waals surface area contributed by atoms with Gasteiger partial charge in [0.05, 0.1) is 16.3 Å². The van der Waals surface area contributed by atoms with E-state index in [1.54, 1.807) is 16.7 Å². The molecular formula is C16H16N4OS2. The molecule has 1 amide bonds. The lowest BCUT2D eigenvalue weighted by Crippen LogP contribution is -2.30. The maximum absolute atomic E-state index is 12.8. The second kappa shape index (κ2) is 5.99. The fourth-order valence-electron chi connectivity index (χ4n) is 2.95. The highest BCUT2D eigenvalue weighted by molar-refractivity contribution is 7.18. The molecule has 0 radical (unpaired) electrons.